The fraction of sp³-hybridized carbons (Fsp3) is 0.250. The Morgan fingerprint density at radius 3 is 2.50 bits per heavy atom. The molecule has 0 aromatic heterocycles. The molecule has 0 aliphatic rings. The van der Waals surface area contributed by atoms with Gasteiger partial charge in [-0.05, 0) is 13.8 Å². The van der Waals surface area contributed by atoms with Crippen molar-refractivity contribution >= 4 is 11.5 Å². The molecule has 0 atom stereocenters. The third-order valence-electron chi connectivity index (χ3n) is 1.69. The van der Waals surface area contributed by atoms with Gasteiger partial charge >= 0.3 is 0 Å². The van der Waals surface area contributed by atoms with Crippen LogP contribution >= 0.6 is 0 Å². The summed E-state index contributed by atoms with van der Waals surface area (Å²) in [7, 11) is 0. The molecule has 0 spiro atoms. The Kier molecular flexibility index (Phi) is 3.92. The van der Waals surface area contributed by atoms with Crippen molar-refractivity contribution < 1.29 is 9.53 Å². The van der Waals surface area contributed by atoms with Crippen molar-refractivity contribution in [1.82, 2.24) is 0 Å². The molecule has 1 aromatic carbocycles. The van der Waals surface area contributed by atoms with Crippen molar-refractivity contribution in [3.05, 3.63) is 42.0 Å². The molecule has 0 saturated carbocycles. The summed E-state index contributed by atoms with van der Waals surface area (Å²) in [4.78, 5) is 10.9. The number of ether oxygens (including phenoxy) is 1. The van der Waals surface area contributed by atoms with E-state index in [0.29, 0.717) is 12.4 Å². The van der Waals surface area contributed by atoms with E-state index in [1.165, 1.54) is 13.0 Å². The fourth-order valence-corrected chi connectivity index (χ4v) is 1.15. The molecule has 0 N–H and O–H groups in total. The normalized spacial score (nSPS) is 11.1. The Labute approximate surface area is 84.2 Å². The van der Waals surface area contributed by atoms with Gasteiger partial charge in [-0.3, -0.25) is 4.79 Å². The smallest absolute Gasteiger partial charge is 0.156 e. The van der Waals surface area contributed by atoms with Crippen LogP contribution in [0, 0.1) is 0 Å². The molecule has 0 amide bonds. The first-order chi connectivity index (χ1) is 6.74. The molecule has 0 radical (unpaired) electrons. The first kappa shape index (κ1) is 10.5. The van der Waals surface area contributed by atoms with E-state index in [1.807, 2.05) is 37.3 Å². The second-order valence-electron chi connectivity index (χ2n) is 2.92. The van der Waals surface area contributed by atoms with E-state index in [9.17, 15) is 4.79 Å². The van der Waals surface area contributed by atoms with E-state index >= 15 is 0 Å². The number of rotatable bonds is 4. The highest BCUT2D eigenvalue weighted by Gasteiger charge is 2.01. The first-order valence-electron chi connectivity index (χ1n) is 4.64. The van der Waals surface area contributed by atoms with Gasteiger partial charge in [0.05, 0.1) is 6.61 Å². The zero-order valence-corrected chi connectivity index (χ0v) is 8.49. The van der Waals surface area contributed by atoms with Gasteiger partial charge in [-0.15, -0.1) is 0 Å². The molecule has 0 saturated heterocycles. The van der Waals surface area contributed by atoms with Crippen molar-refractivity contribution in [3.63, 3.8) is 0 Å². The van der Waals surface area contributed by atoms with Crippen LogP contribution in [0.5, 0.6) is 0 Å². The second kappa shape index (κ2) is 5.22. The molecule has 1 rings (SSSR count). The van der Waals surface area contributed by atoms with Crippen molar-refractivity contribution in [2.75, 3.05) is 6.61 Å². The van der Waals surface area contributed by atoms with Gasteiger partial charge in [-0.1, -0.05) is 30.3 Å². The molecule has 0 fully saturated rings. The number of carbonyl (C=O) groups is 1. The lowest BCUT2D eigenvalue weighted by atomic mass is 10.1. The van der Waals surface area contributed by atoms with E-state index < -0.39 is 0 Å². The molecule has 0 heterocycles. The number of allylic oxidation sites excluding steroid dienone is 1. The highest BCUT2D eigenvalue weighted by molar-refractivity contribution is 5.93. The SMILES string of the molecule is CCOC(=CC(C)=O)c1ccccc1. The molecule has 1 aromatic rings. The van der Waals surface area contributed by atoms with Crippen LogP contribution in [-0.2, 0) is 9.53 Å². The van der Waals surface area contributed by atoms with Crippen LogP contribution in [0.3, 0.4) is 0 Å². The molecular weight excluding hydrogens is 176 g/mol. The molecule has 0 unspecified atom stereocenters. The minimum Gasteiger partial charge on any atom is -0.493 e. The van der Waals surface area contributed by atoms with E-state index in [2.05, 4.69) is 0 Å². The fourth-order valence-electron chi connectivity index (χ4n) is 1.15. The Balaban J connectivity index is 2.94. The predicted molar refractivity (Wildman–Crippen MR) is 56.7 cm³/mol. The van der Waals surface area contributed by atoms with Crippen LogP contribution in [-0.4, -0.2) is 12.4 Å². The van der Waals surface area contributed by atoms with Gasteiger partial charge in [0.15, 0.2) is 5.78 Å². The van der Waals surface area contributed by atoms with Gasteiger partial charge in [0.1, 0.15) is 5.76 Å². The van der Waals surface area contributed by atoms with Crippen molar-refractivity contribution in [3.8, 4) is 0 Å². The molecule has 74 valence electrons. The van der Waals surface area contributed by atoms with Gasteiger partial charge in [-0.2, -0.15) is 0 Å². The summed E-state index contributed by atoms with van der Waals surface area (Å²) >= 11 is 0. The molecule has 2 heteroatoms. The molecule has 0 aliphatic heterocycles. The summed E-state index contributed by atoms with van der Waals surface area (Å²) in [5.41, 5.74) is 0.935. The lowest BCUT2D eigenvalue weighted by Crippen LogP contribution is -1.94. The average molecular weight is 190 g/mol. The number of hydrogen-bond acceptors (Lipinski definition) is 2. The second-order valence-corrected chi connectivity index (χ2v) is 2.92. The first-order valence-corrected chi connectivity index (χ1v) is 4.64. The highest BCUT2D eigenvalue weighted by Crippen LogP contribution is 2.14. The summed E-state index contributed by atoms with van der Waals surface area (Å²) in [6.45, 7) is 3.98. The highest BCUT2D eigenvalue weighted by atomic mass is 16.5. The van der Waals surface area contributed by atoms with E-state index in [-0.39, 0.29) is 5.78 Å². The zero-order valence-electron chi connectivity index (χ0n) is 8.49. The Hall–Kier alpha value is -1.57. The molecule has 2 nitrogen and oxygen atoms in total. The lowest BCUT2D eigenvalue weighted by molar-refractivity contribution is -0.112. The molecule has 14 heavy (non-hydrogen) atoms. The zero-order chi connectivity index (χ0) is 10.4. The van der Waals surface area contributed by atoms with E-state index in [4.69, 9.17) is 4.74 Å². The monoisotopic (exact) mass is 190 g/mol. The molecule has 0 aliphatic carbocycles. The number of carbonyl (C=O) groups excluding carboxylic acids is 1. The summed E-state index contributed by atoms with van der Waals surface area (Å²) in [6.07, 6.45) is 1.51. The standard InChI is InChI=1S/C12H14O2/c1-3-14-12(9-10(2)13)11-7-5-4-6-8-11/h4-9H,3H2,1-2H3. The number of ketones is 1. The third kappa shape index (κ3) is 3.05. The van der Waals surface area contributed by atoms with Gasteiger partial charge < -0.3 is 4.74 Å². The van der Waals surface area contributed by atoms with Crippen LogP contribution in [0.25, 0.3) is 5.76 Å². The van der Waals surface area contributed by atoms with Gasteiger partial charge in [0, 0.05) is 11.6 Å². The lowest BCUT2D eigenvalue weighted by Gasteiger charge is -2.07. The van der Waals surface area contributed by atoms with Crippen molar-refractivity contribution in [2.45, 2.75) is 13.8 Å². The average Bonchev–Trinajstić information content (AvgIpc) is 2.18. The maximum Gasteiger partial charge on any atom is 0.156 e. The van der Waals surface area contributed by atoms with Gasteiger partial charge in [0.2, 0.25) is 0 Å². The van der Waals surface area contributed by atoms with Crippen molar-refractivity contribution in [1.29, 1.82) is 0 Å². The van der Waals surface area contributed by atoms with Crippen LogP contribution < -0.4 is 0 Å². The quantitative estimate of drug-likeness (QED) is 0.539. The largest absolute Gasteiger partial charge is 0.493 e. The molecular formula is C12H14O2. The maximum absolute atomic E-state index is 10.9. The van der Waals surface area contributed by atoms with Crippen molar-refractivity contribution in [2.24, 2.45) is 0 Å². The number of hydrogen-bond donors (Lipinski definition) is 0. The van der Waals surface area contributed by atoms with E-state index in [0.717, 1.165) is 5.56 Å². The Morgan fingerprint density at radius 1 is 1.36 bits per heavy atom. The summed E-state index contributed by atoms with van der Waals surface area (Å²) < 4.78 is 5.38. The van der Waals surface area contributed by atoms with Crippen LogP contribution in [0.2, 0.25) is 0 Å². The summed E-state index contributed by atoms with van der Waals surface area (Å²) in [5.74, 6) is 0.637. The van der Waals surface area contributed by atoms with Crippen LogP contribution in [0.15, 0.2) is 36.4 Å². The Morgan fingerprint density at radius 2 is 2.00 bits per heavy atom. The minimum atomic E-state index is -0.00250. The van der Waals surface area contributed by atoms with Gasteiger partial charge in [0.25, 0.3) is 0 Å². The van der Waals surface area contributed by atoms with Crippen LogP contribution in [0.4, 0.5) is 0 Å². The van der Waals surface area contributed by atoms with Gasteiger partial charge in [-0.25, -0.2) is 0 Å². The Bertz CT molecular complexity index is 325. The third-order valence-corrected chi connectivity index (χ3v) is 1.69. The molecule has 0 bridgehead atoms. The van der Waals surface area contributed by atoms with E-state index in [1.54, 1.807) is 0 Å². The topological polar surface area (TPSA) is 26.3 Å². The minimum absolute atomic E-state index is 0.00250. The maximum atomic E-state index is 10.9. The van der Waals surface area contributed by atoms with Crippen LogP contribution in [0.1, 0.15) is 19.4 Å². The summed E-state index contributed by atoms with van der Waals surface area (Å²) in [5, 5.41) is 0. The summed E-state index contributed by atoms with van der Waals surface area (Å²) in [6, 6.07) is 9.61. The predicted octanol–water partition coefficient (Wildman–Crippen LogP) is 2.65. The number of benzene rings is 1.